The Kier molecular flexibility index (Phi) is 3.29. The molecule has 0 atom stereocenters. The Morgan fingerprint density at radius 1 is 1.52 bits per heavy atom. The molecule has 2 aromatic heterocycles. The SMILES string of the molecule is Cc1nn(C)c2ncc(C(=O)O)c(N(CCO)C3CC3)c12. The number of carboxylic acids is 1. The third-order valence-corrected chi connectivity index (χ3v) is 3.85. The molecule has 0 amide bonds. The average Bonchev–Trinajstić information content (AvgIpc) is 3.23. The number of aryl methyl sites for hydroxylation is 2. The van der Waals surface area contributed by atoms with Crippen molar-refractivity contribution in [2.24, 2.45) is 7.05 Å². The summed E-state index contributed by atoms with van der Waals surface area (Å²) in [5.74, 6) is -1.01. The van der Waals surface area contributed by atoms with Gasteiger partial charge in [0.25, 0.3) is 0 Å². The fraction of sp³-hybridized carbons (Fsp3) is 0.500. The van der Waals surface area contributed by atoms with Crippen LogP contribution < -0.4 is 4.90 Å². The minimum absolute atomic E-state index is 0.0152. The normalized spacial score (nSPS) is 14.6. The van der Waals surface area contributed by atoms with Gasteiger partial charge in [-0.25, -0.2) is 9.78 Å². The zero-order valence-corrected chi connectivity index (χ0v) is 12.1. The predicted octanol–water partition coefficient (Wildman–Crippen LogP) is 0.936. The lowest BCUT2D eigenvalue weighted by atomic mass is 10.1. The molecule has 0 unspecified atom stereocenters. The lowest BCUT2D eigenvalue weighted by Crippen LogP contribution is -2.31. The molecule has 112 valence electrons. The molecule has 2 heterocycles. The zero-order valence-electron chi connectivity index (χ0n) is 12.1. The number of pyridine rings is 1. The van der Waals surface area contributed by atoms with Crippen molar-refractivity contribution in [1.29, 1.82) is 0 Å². The number of carbonyl (C=O) groups is 1. The summed E-state index contributed by atoms with van der Waals surface area (Å²) >= 11 is 0. The van der Waals surface area contributed by atoms with Gasteiger partial charge in [-0.05, 0) is 19.8 Å². The molecule has 1 fully saturated rings. The number of nitrogens with zero attached hydrogens (tertiary/aromatic N) is 4. The smallest absolute Gasteiger partial charge is 0.339 e. The third-order valence-electron chi connectivity index (χ3n) is 3.85. The van der Waals surface area contributed by atoms with Crippen LogP contribution in [0.15, 0.2) is 6.20 Å². The molecule has 1 aliphatic rings. The molecular formula is C14H18N4O3. The number of hydrogen-bond donors (Lipinski definition) is 2. The van der Waals surface area contributed by atoms with Crippen molar-refractivity contribution in [1.82, 2.24) is 14.8 Å². The highest BCUT2D eigenvalue weighted by atomic mass is 16.4. The molecule has 0 radical (unpaired) electrons. The monoisotopic (exact) mass is 290 g/mol. The van der Waals surface area contributed by atoms with E-state index in [4.69, 9.17) is 0 Å². The molecule has 0 spiro atoms. The first-order valence-corrected chi connectivity index (χ1v) is 6.97. The van der Waals surface area contributed by atoms with Crippen LogP contribution in [0.3, 0.4) is 0 Å². The molecule has 2 N–H and O–H groups in total. The van der Waals surface area contributed by atoms with Gasteiger partial charge in [-0.1, -0.05) is 0 Å². The Balaban J connectivity index is 2.29. The van der Waals surface area contributed by atoms with Crippen molar-refractivity contribution in [3.63, 3.8) is 0 Å². The summed E-state index contributed by atoms with van der Waals surface area (Å²) in [6.45, 7) is 2.25. The quantitative estimate of drug-likeness (QED) is 0.851. The molecule has 2 aromatic rings. The van der Waals surface area contributed by atoms with E-state index in [9.17, 15) is 15.0 Å². The van der Waals surface area contributed by atoms with E-state index in [2.05, 4.69) is 10.1 Å². The minimum Gasteiger partial charge on any atom is -0.478 e. The minimum atomic E-state index is -1.01. The van der Waals surface area contributed by atoms with E-state index in [1.165, 1.54) is 6.20 Å². The Morgan fingerprint density at radius 2 is 2.24 bits per heavy atom. The van der Waals surface area contributed by atoms with Crippen LogP contribution in [-0.2, 0) is 7.05 Å². The van der Waals surface area contributed by atoms with Gasteiger partial charge in [0, 0.05) is 25.8 Å². The summed E-state index contributed by atoms with van der Waals surface area (Å²) in [5.41, 5.74) is 2.21. The van der Waals surface area contributed by atoms with Crippen LogP contribution in [0, 0.1) is 6.92 Å². The number of aliphatic hydroxyl groups is 1. The molecule has 0 bridgehead atoms. The van der Waals surface area contributed by atoms with Gasteiger partial charge in [0.15, 0.2) is 5.65 Å². The molecule has 1 saturated carbocycles. The highest BCUT2D eigenvalue weighted by Gasteiger charge is 2.33. The molecular weight excluding hydrogens is 272 g/mol. The molecule has 7 nitrogen and oxygen atoms in total. The summed E-state index contributed by atoms with van der Waals surface area (Å²) < 4.78 is 1.66. The lowest BCUT2D eigenvalue weighted by Gasteiger charge is -2.26. The van der Waals surface area contributed by atoms with E-state index in [1.54, 1.807) is 11.7 Å². The number of aromatic nitrogens is 3. The fourth-order valence-electron chi connectivity index (χ4n) is 2.82. The first kappa shape index (κ1) is 13.8. The number of hydrogen-bond acceptors (Lipinski definition) is 5. The van der Waals surface area contributed by atoms with E-state index in [-0.39, 0.29) is 12.2 Å². The topological polar surface area (TPSA) is 91.5 Å². The summed E-state index contributed by atoms with van der Waals surface area (Å²) in [4.78, 5) is 17.8. The van der Waals surface area contributed by atoms with Gasteiger partial charge in [-0.2, -0.15) is 5.10 Å². The van der Waals surface area contributed by atoms with Crippen LogP contribution in [0.2, 0.25) is 0 Å². The van der Waals surface area contributed by atoms with E-state index >= 15 is 0 Å². The molecule has 0 saturated heterocycles. The molecule has 7 heteroatoms. The number of carboxylic acid groups (broad SMARTS) is 1. The first-order chi connectivity index (χ1) is 10.0. The van der Waals surface area contributed by atoms with Crippen molar-refractivity contribution in [3.05, 3.63) is 17.5 Å². The largest absolute Gasteiger partial charge is 0.478 e. The van der Waals surface area contributed by atoms with E-state index < -0.39 is 5.97 Å². The lowest BCUT2D eigenvalue weighted by molar-refractivity contribution is 0.0697. The van der Waals surface area contributed by atoms with Crippen LogP contribution in [0.4, 0.5) is 5.69 Å². The summed E-state index contributed by atoms with van der Waals surface area (Å²) in [7, 11) is 1.79. The Labute approximate surface area is 121 Å². The van der Waals surface area contributed by atoms with Crippen LogP contribution in [-0.4, -0.2) is 50.1 Å². The highest BCUT2D eigenvalue weighted by molar-refractivity contribution is 6.05. The average molecular weight is 290 g/mol. The molecule has 21 heavy (non-hydrogen) atoms. The Bertz CT molecular complexity index is 706. The highest BCUT2D eigenvalue weighted by Crippen LogP contribution is 2.38. The van der Waals surface area contributed by atoms with Crippen LogP contribution in [0.5, 0.6) is 0 Å². The molecule has 0 aliphatic heterocycles. The predicted molar refractivity (Wildman–Crippen MR) is 77.7 cm³/mol. The number of aromatic carboxylic acids is 1. The van der Waals surface area contributed by atoms with Crippen molar-refractivity contribution in [2.45, 2.75) is 25.8 Å². The van der Waals surface area contributed by atoms with E-state index in [0.29, 0.717) is 23.9 Å². The van der Waals surface area contributed by atoms with Crippen molar-refractivity contribution in [2.75, 3.05) is 18.1 Å². The van der Waals surface area contributed by atoms with Crippen molar-refractivity contribution >= 4 is 22.7 Å². The zero-order chi connectivity index (χ0) is 15.1. The maximum absolute atomic E-state index is 11.6. The number of rotatable bonds is 5. The van der Waals surface area contributed by atoms with E-state index in [0.717, 1.165) is 23.9 Å². The number of anilines is 1. The fourth-order valence-corrected chi connectivity index (χ4v) is 2.82. The van der Waals surface area contributed by atoms with Gasteiger partial charge < -0.3 is 15.1 Å². The van der Waals surface area contributed by atoms with Gasteiger partial charge in [-0.3, -0.25) is 4.68 Å². The van der Waals surface area contributed by atoms with Gasteiger partial charge >= 0.3 is 5.97 Å². The molecule has 1 aliphatic carbocycles. The third kappa shape index (κ3) is 2.23. The van der Waals surface area contributed by atoms with Gasteiger partial charge in [0.2, 0.25) is 0 Å². The Hall–Kier alpha value is -2.15. The first-order valence-electron chi connectivity index (χ1n) is 6.97. The number of aliphatic hydroxyl groups excluding tert-OH is 1. The van der Waals surface area contributed by atoms with Gasteiger partial charge in [-0.15, -0.1) is 0 Å². The van der Waals surface area contributed by atoms with Crippen molar-refractivity contribution in [3.8, 4) is 0 Å². The van der Waals surface area contributed by atoms with Gasteiger partial charge in [0.1, 0.15) is 5.56 Å². The van der Waals surface area contributed by atoms with Crippen LogP contribution >= 0.6 is 0 Å². The maximum atomic E-state index is 11.6. The molecule has 0 aromatic carbocycles. The second kappa shape index (κ2) is 5.00. The summed E-state index contributed by atoms with van der Waals surface area (Å²) in [6, 6.07) is 0.292. The second-order valence-electron chi connectivity index (χ2n) is 5.38. The standard InChI is InChI=1S/C14H18N4O3/c1-8-11-12(18(5-6-19)9-3-4-9)10(14(20)21)7-15-13(11)17(2)16-8/h7,9,19H,3-6H2,1-2H3,(H,20,21). The Morgan fingerprint density at radius 3 is 2.81 bits per heavy atom. The van der Waals surface area contributed by atoms with Crippen LogP contribution in [0.1, 0.15) is 28.9 Å². The summed E-state index contributed by atoms with van der Waals surface area (Å²) in [5, 5.41) is 23.9. The van der Waals surface area contributed by atoms with Gasteiger partial charge in [0.05, 0.1) is 23.4 Å². The second-order valence-corrected chi connectivity index (χ2v) is 5.38. The summed E-state index contributed by atoms with van der Waals surface area (Å²) in [6.07, 6.45) is 3.41. The maximum Gasteiger partial charge on any atom is 0.339 e. The van der Waals surface area contributed by atoms with Crippen LogP contribution in [0.25, 0.3) is 11.0 Å². The van der Waals surface area contributed by atoms with E-state index in [1.807, 2.05) is 11.8 Å². The molecule has 3 rings (SSSR count). The number of fused-ring (bicyclic) bond motifs is 1. The van der Waals surface area contributed by atoms with Crippen molar-refractivity contribution < 1.29 is 15.0 Å².